The molecule has 0 heterocycles. The van der Waals surface area contributed by atoms with Crippen molar-refractivity contribution in [1.82, 2.24) is 5.32 Å². The molecule has 0 saturated carbocycles. The zero-order valence-corrected chi connectivity index (χ0v) is 14.8. The fourth-order valence-electron chi connectivity index (χ4n) is 2.15. The van der Waals surface area contributed by atoms with Crippen LogP contribution in [-0.2, 0) is 19.1 Å². The molecule has 0 aliphatic carbocycles. The van der Waals surface area contributed by atoms with Crippen molar-refractivity contribution < 1.29 is 28.7 Å². The van der Waals surface area contributed by atoms with Crippen LogP contribution in [0.4, 0.5) is 5.69 Å². The highest BCUT2D eigenvalue weighted by Crippen LogP contribution is 2.18. The Morgan fingerprint density at radius 2 is 1.40 bits per heavy atom. The molecule has 8 nitrogen and oxygen atoms in total. The van der Waals surface area contributed by atoms with Gasteiger partial charge in [0.1, 0.15) is 6.04 Å². The summed E-state index contributed by atoms with van der Waals surface area (Å²) in [6, 6.07) is 3.30. The molecule has 25 heavy (non-hydrogen) atoms. The Kier molecular flexibility index (Phi) is 7.10. The number of esters is 2. The Hall–Kier alpha value is -2.90. The van der Waals surface area contributed by atoms with Gasteiger partial charge < -0.3 is 20.1 Å². The van der Waals surface area contributed by atoms with Gasteiger partial charge in [0.2, 0.25) is 11.8 Å². The van der Waals surface area contributed by atoms with E-state index in [2.05, 4.69) is 20.1 Å². The third kappa shape index (κ3) is 5.59. The predicted molar refractivity (Wildman–Crippen MR) is 90.2 cm³/mol. The number of anilines is 1. The Morgan fingerprint density at radius 1 is 0.920 bits per heavy atom. The average Bonchev–Trinajstić information content (AvgIpc) is 2.57. The van der Waals surface area contributed by atoms with Crippen molar-refractivity contribution in [3.8, 4) is 0 Å². The van der Waals surface area contributed by atoms with Crippen molar-refractivity contribution in [2.45, 2.75) is 26.8 Å². The molecule has 2 N–H and O–H groups in total. The maximum Gasteiger partial charge on any atom is 0.337 e. The average molecular weight is 350 g/mol. The molecule has 0 radical (unpaired) electrons. The number of nitrogens with one attached hydrogen (secondary N) is 2. The van der Waals surface area contributed by atoms with Crippen LogP contribution in [0.15, 0.2) is 18.2 Å². The fourth-order valence-corrected chi connectivity index (χ4v) is 2.15. The van der Waals surface area contributed by atoms with E-state index in [9.17, 15) is 19.2 Å². The van der Waals surface area contributed by atoms with E-state index >= 15 is 0 Å². The lowest BCUT2D eigenvalue weighted by Crippen LogP contribution is -2.46. The Balaban J connectivity index is 3.18. The first-order valence-electron chi connectivity index (χ1n) is 7.59. The van der Waals surface area contributed by atoms with Crippen molar-refractivity contribution in [1.29, 1.82) is 0 Å². The molecule has 0 aromatic heterocycles. The third-order valence-corrected chi connectivity index (χ3v) is 3.35. The van der Waals surface area contributed by atoms with Gasteiger partial charge in [0.25, 0.3) is 0 Å². The summed E-state index contributed by atoms with van der Waals surface area (Å²) in [5.74, 6) is -2.30. The summed E-state index contributed by atoms with van der Waals surface area (Å²) in [7, 11) is 2.41. The first kappa shape index (κ1) is 20.1. The van der Waals surface area contributed by atoms with Gasteiger partial charge in [0, 0.05) is 12.6 Å². The molecule has 1 aromatic rings. The van der Waals surface area contributed by atoms with E-state index in [-0.39, 0.29) is 28.6 Å². The minimum atomic E-state index is -0.763. The van der Waals surface area contributed by atoms with Crippen LogP contribution in [0.5, 0.6) is 0 Å². The molecule has 0 bridgehead atoms. The second-order valence-electron chi connectivity index (χ2n) is 5.69. The highest BCUT2D eigenvalue weighted by molar-refractivity contribution is 6.01. The minimum Gasteiger partial charge on any atom is -0.465 e. The van der Waals surface area contributed by atoms with E-state index in [0.29, 0.717) is 0 Å². The lowest BCUT2D eigenvalue weighted by atomic mass is 10.0. The van der Waals surface area contributed by atoms with Gasteiger partial charge in [0.05, 0.1) is 25.3 Å². The number of carbonyl (C=O) groups excluding carboxylic acids is 4. The van der Waals surface area contributed by atoms with E-state index in [0.717, 1.165) is 0 Å². The van der Waals surface area contributed by atoms with Crippen LogP contribution in [0, 0.1) is 5.92 Å². The summed E-state index contributed by atoms with van der Waals surface area (Å²) in [4.78, 5) is 47.2. The zero-order valence-electron chi connectivity index (χ0n) is 14.8. The van der Waals surface area contributed by atoms with E-state index in [1.165, 1.54) is 39.3 Å². The normalized spacial score (nSPS) is 11.4. The number of rotatable bonds is 6. The van der Waals surface area contributed by atoms with Gasteiger partial charge in [-0.2, -0.15) is 0 Å². The SMILES string of the molecule is COC(=O)c1cc(NC(=O)C(NC(C)=O)C(C)C)cc(C(=O)OC)c1. The minimum absolute atomic E-state index is 0.0846. The van der Waals surface area contributed by atoms with Gasteiger partial charge >= 0.3 is 11.9 Å². The molecule has 2 amide bonds. The molecule has 8 heteroatoms. The Bertz CT molecular complexity index is 649. The number of ether oxygens (including phenoxy) is 2. The van der Waals surface area contributed by atoms with E-state index < -0.39 is 23.9 Å². The number of amides is 2. The predicted octanol–water partition coefficient (Wildman–Crippen LogP) is 1.36. The number of benzene rings is 1. The summed E-state index contributed by atoms with van der Waals surface area (Å²) in [6.07, 6.45) is 0. The summed E-state index contributed by atoms with van der Waals surface area (Å²) in [5, 5.41) is 5.16. The lowest BCUT2D eigenvalue weighted by Gasteiger charge is -2.21. The molecule has 1 rings (SSSR count). The summed E-state index contributed by atoms with van der Waals surface area (Å²) >= 11 is 0. The largest absolute Gasteiger partial charge is 0.465 e. The zero-order chi connectivity index (χ0) is 19.1. The third-order valence-electron chi connectivity index (χ3n) is 3.35. The number of carbonyl (C=O) groups is 4. The smallest absolute Gasteiger partial charge is 0.337 e. The summed E-state index contributed by atoms with van der Waals surface area (Å²) in [6.45, 7) is 4.88. The lowest BCUT2D eigenvalue weighted by molar-refractivity contribution is -0.126. The topological polar surface area (TPSA) is 111 Å². The molecule has 0 spiro atoms. The first-order valence-corrected chi connectivity index (χ1v) is 7.59. The summed E-state index contributed by atoms with van der Waals surface area (Å²) in [5.41, 5.74) is 0.381. The van der Waals surface area contributed by atoms with Crippen molar-refractivity contribution in [2.75, 3.05) is 19.5 Å². The van der Waals surface area contributed by atoms with Crippen molar-refractivity contribution in [3.63, 3.8) is 0 Å². The van der Waals surface area contributed by atoms with Crippen LogP contribution in [0.3, 0.4) is 0 Å². The van der Waals surface area contributed by atoms with E-state index in [1.54, 1.807) is 13.8 Å². The van der Waals surface area contributed by atoms with Gasteiger partial charge in [0.15, 0.2) is 0 Å². The monoisotopic (exact) mass is 350 g/mol. The standard InChI is InChI=1S/C17H22N2O6/c1-9(2)14(18-10(3)20)15(21)19-13-7-11(16(22)24-4)6-12(8-13)17(23)25-5/h6-9,14H,1-5H3,(H,18,20)(H,19,21). The molecule has 0 aliphatic heterocycles. The first-order chi connectivity index (χ1) is 11.7. The van der Waals surface area contributed by atoms with Crippen LogP contribution in [0.2, 0.25) is 0 Å². The van der Waals surface area contributed by atoms with Crippen LogP contribution in [0.1, 0.15) is 41.5 Å². The van der Waals surface area contributed by atoms with Gasteiger partial charge in [-0.25, -0.2) is 9.59 Å². The second kappa shape index (κ2) is 8.81. The maximum absolute atomic E-state index is 12.4. The molecular weight excluding hydrogens is 328 g/mol. The van der Waals surface area contributed by atoms with Crippen molar-refractivity contribution in [3.05, 3.63) is 29.3 Å². The van der Waals surface area contributed by atoms with E-state index in [1.807, 2.05) is 0 Å². The molecule has 0 fully saturated rings. The van der Waals surface area contributed by atoms with Gasteiger partial charge in [-0.1, -0.05) is 13.8 Å². The summed E-state index contributed by atoms with van der Waals surface area (Å²) < 4.78 is 9.28. The van der Waals surface area contributed by atoms with Crippen LogP contribution >= 0.6 is 0 Å². The van der Waals surface area contributed by atoms with Gasteiger partial charge in [-0.3, -0.25) is 9.59 Å². The Labute approximate surface area is 145 Å². The molecular formula is C17H22N2O6. The van der Waals surface area contributed by atoms with Crippen LogP contribution in [-0.4, -0.2) is 44.0 Å². The molecule has 1 unspecified atom stereocenters. The van der Waals surface area contributed by atoms with Crippen molar-refractivity contribution >= 4 is 29.4 Å². The highest BCUT2D eigenvalue weighted by atomic mass is 16.5. The van der Waals surface area contributed by atoms with Gasteiger partial charge in [-0.15, -0.1) is 0 Å². The van der Waals surface area contributed by atoms with E-state index in [4.69, 9.17) is 0 Å². The van der Waals surface area contributed by atoms with Crippen molar-refractivity contribution in [2.24, 2.45) is 5.92 Å². The number of hydrogen-bond acceptors (Lipinski definition) is 6. The second-order valence-corrected chi connectivity index (χ2v) is 5.69. The Morgan fingerprint density at radius 3 is 1.76 bits per heavy atom. The molecule has 136 valence electrons. The molecule has 0 aliphatic rings. The maximum atomic E-state index is 12.4. The number of hydrogen-bond donors (Lipinski definition) is 2. The van der Waals surface area contributed by atoms with Crippen LogP contribution < -0.4 is 10.6 Å². The van der Waals surface area contributed by atoms with Crippen LogP contribution in [0.25, 0.3) is 0 Å². The molecule has 1 atom stereocenters. The fraction of sp³-hybridized carbons (Fsp3) is 0.412. The molecule has 1 aromatic carbocycles. The quantitative estimate of drug-likeness (QED) is 0.750. The number of methoxy groups -OCH3 is 2. The molecule has 0 saturated heterocycles. The highest BCUT2D eigenvalue weighted by Gasteiger charge is 2.24. The van der Waals surface area contributed by atoms with Gasteiger partial charge in [-0.05, 0) is 24.1 Å².